The van der Waals surface area contributed by atoms with Crippen molar-refractivity contribution in [2.24, 2.45) is 0 Å². The van der Waals surface area contributed by atoms with Gasteiger partial charge in [-0.1, -0.05) is 212 Å². The van der Waals surface area contributed by atoms with Crippen LogP contribution in [0, 0.1) is 0 Å². The summed E-state index contributed by atoms with van der Waals surface area (Å²) in [5.41, 5.74) is 11.1. The maximum atomic E-state index is 15.2. The van der Waals surface area contributed by atoms with Crippen molar-refractivity contribution in [2.45, 2.75) is 0 Å². The maximum absolute atomic E-state index is 15.2. The molecule has 0 amide bonds. The van der Waals surface area contributed by atoms with Crippen molar-refractivity contribution in [3.05, 3.63) is 267 Å². The van der Waals surface area contributed by atoms with Crippen LogP contribution in [0.2, 0.25) is 0 Å². The second-order valence-corrected chi connectivity index (χ2v) is 24.8. The lowest BCUT2D eigenvalue weighted by atomic mass is 10.0. The summed E-state index contributed by atoms with van der Waals surface area (Å²) in [5.74, 6) is 0. The topological polar surface area (TPSA) is 44.0 Å². The standard InChI is InChI=1S/2C34H22NOP/c36-37(25-14-5-2-6-15-25)32-18-10-9-17-27(32)28-21-31-29(22-33(28)37)34-26-16-8-7-11-23(26)19-20-30(34)35(31)24-12-3-1-4-13-24;36-37(25-14-5-2-6-15-25)32-18-10-9-17-27(32)30-21-31-29(22-33(30)37)28-20-19-23-11-7-8-16-26(23)34(28)35(31)24-12-3-1-4-13-24/h2*1-22H. The molecule has 0 aliphatic carbocycles. The van der Waals surface area contributed by atoms with Crippen LogP contribution in [-0.2, 0) is 9.13 Å². The summed E-state index contributed by atoms with van der Waals surface area (Å²) in [5, 5.41) is 15.0. The van der Waals surface area contributed by atoms with Crippen LogP contribution in [-0.4, -0.2) is 9.13 Å². The largest absolute Gasteiger partial charge is 0.309 e. The van der Waals surface area contributed by atoms with E-state index < -0.39 is 14.3 Å². The fourth-order valence-electron chi connectivity index (χ4n) is 12.3. The lowest BCUT2D eigenvalue weighted by Crippen LogP contribution is -2.20. The van der Waals surface area contributed by atoms with Crippen molar-refractivity contribution in [3.63, 3.8) is 0 Å². The molecule has 2 unspecified atom stereocenters. The lowest BCUT2D eigenvalue weighted by Gasteiger charge is -2.16. The van der Waals surface area contributed by atoms with Gasteiger partial charge in [-0.25, -0.2) is 0 Å². The highest BCUT2D eigenvalue weighted by Gasteiger charge is 2.42. The molecule has 4 nitrogen and oxygen atoms in total. The average Bonchev–Trinajstić information content (AvgIpc) is 4.16. The zero-order valence-corrected chi connectivity index (χ0v) is 41.8. The van der Waals surface area contributed by atoms with Gasteiger partial charge in [-0.05, 0) is 93.0 Å². The Kier molecular flexibility index (Phi) is 9.48. The summed E-state index contributed by atoms with van der Waals surface area (Å²) in [6.07, 6.45) is 0. The van der Waals surface area contributed by atoms with E-state index in [0.29, 0.717) is 0 Å². The quantitative estimate of drug-likeness (QED) is 0.165. The van der Waals surface area contributed by atoms with Gasteiger partial charge in [-0.2, -0.15) is 0 Å². The number of fused-ring (bicyclic) bond motifs is 16. The molecule has 16 rings (SSSR count). The highest BCUT2D eigenvalue weighted by molar-refractivity contribution is 7.87. The third-order valence-electron chi connectivity index (χ3n) is 15.6. The molecule has 6 heteroatoms. The van der Waals surface area contributed by atoms with E-state index in [9.17, 15) is 0 Å². The fraction of sp³-hybridized carbons (Fsp3) is 0. The highest BCUT2D eigenvalue weighted by Crippen LogP contribution is 2.55. The van der Waals surface area contributed by atoms with Crippen LogP contribution in [0.25, 0.3) is 98.8 Å². The number of hydrogen-bond acceptors (Lipinski definition) is 2. The zero-order valence-electron chi connectivity index (χ0n) is 40.0. The van der Waals surface area contributed by atoms with Gasteiger partial charge in [0.05, 0.1) is 22.1 Å². The Hall–Kier alpha value is -8.78. The Balaban J connectivity index is 0.000000131. The molecule has 4 heterocycles. The number of nitrogens with zero attached hydrogens (tertiary/aromatic N) is 2. The van der Waals surface area contributed by atoms with Gasteiger partial charge in [0.15, 0.2) is 14.3 Å². The third-order valence-corrected chi connectivity index (χ3v) is 21.8. The summed E-state index contributed by atoms with van der Waals surface area (Å²) in [7, 11) is -6.02. The Bertz CT molecular complexity index is 4700. The van der Waals surface area contributed by atoms with E-state index in [0.717, 1.165) is 92.8 Å². The predicted molar refractivity (Wildman–Crippen MR) is 313 cm³/mol. The molecule has 2 aromatic heterocycles. The van der Waals surface area contributed by atoms with Crippen molar-refractivity contribution >= 4 is 111 Å². The first-order chi connectivity index (χ1) is 36.5. The van der Waals surface area contributed by atoms with Crippen molar-refractivity contribution in [1.82, 2.24) is 9.13 Å². The summed E-state index contributed by atoms with van der Waals surface area (Å²) in [6, 6.07) is 92.5. The van der Waals surface area contributed by atoms with E-state index >= 15 is 9.13 Å². The van der Waals surface area contributed by atoms with Crippen LogP contribution in [0.5, 0.6) is 0 Å². The molecule has 12 aromatic carbocycles. The monoisotopic (exact) mass is 982 g/mol. The normalized spacial score (nSPS) is 16.3. The molecule has 74 heavy (non-hydrogen) atoms. The predicted octanol–water partition coefficient (Wildman–Crippen LogP) is 15.1. The molecule has 0 fully saturated rings. The second kappa shape index (κ2) is 16.4. The molecule has 2 aliphatic rings. The van der Waals surface area contributed by atoms with Crippen LogP contribution in [0.4, 0.5) is 0 Å². The van der Waals surface area contributed by atoms with Crippen LogP contribution in [0.3, 0.4) is 0 Å². The molecule has 14 aromatic rings. The number of benzene rings is 12. The molecular weight excluding hydrogens is 939 g/mol. The molecule has 2 aliphatic heterocycles. The summed E-state index contributed by atoms with van der Waals surface area (Å²) < 4.78 is 35.0. The summed E-state index contributed by atoms with van der Waals surface area (Å²) >= 11 is 0. The van der Waals surface area contributed by atoms with E-state index in [1.165, 1.54) is 37.8 Å². The van der Waals surface area contributed by atoms with E-state index in [2.05, 4.69) is 179 Å². The molecule has 0 saturated heterocycles. The Labute approximate surface area is 427 Å². The van der Waals surface area contributed by atoms with Crippen LogP contribution in [0.15, 0.2) is 267 Å². The van der Waals surface area contributed by atoms with Crippen LogP contribution >= 0.6 is 14.3 Å². The number of hydrogen-bond donors (Lipinski definition) is 0. The van der Waals surface area contributed by atoms with E-state index in [-0.39, 0.29) is 0 Å². The highest BCUT2D eigenvalue weighted by atomic mass is 31.2. The molecule has 0 saturated carbocycles. The lowest BCUT2D eigenvalue weighted by molar-refractivity contribution is 0.592. The molecule has 0 bridgehead atoms. The van der Waals surface area contributed by atoms with Gasteiger partial charge in [0.2, 0.25) is 0 Å². The SMILES string of the molecule is O=P1(c2ccccc2)c2ccccc2-c2cc3c(cc21)c1c2ccccc2ccc1n3-c1ccccc1.O=P1(c2ccccc2)c2ccccc2-c2cc3c(cc21)c1ccc2ccccc2c1n3-c1ccccc1. The number of rotatable bonds is 4. The minimum Gasteiger partial charge on any atom is -0.309 e. The Morgan fingerprint density at radius 2 is 0.703 bits per heavy atom. The molecule has 348 valence electrons. The first-order valence-electron chi connectivity index (χ1n) is 25.1. The Morgan fingerprint density at radius 3 is 1.28 bits per heavy atom. The Morgan fingerprint density at radius 1 is 0.270 bits per heavy atom. The van der Waals surface area contributed by atoms with Crippen LogP contribution in [0.1, 0.15) is 0 Å². The third kappa shape index (κ3) is 6.04. The van der Waals surface area contributed by atoms with Gasteiger partial charge in [-0.15, -0.1) is 0 Å². The summed E-state index contributed by atoms with van der Waals surface area (Å²) in [4.78, 5) is 0. The zero-order chi connectivity index (χ0) is 49.1. The number of para-hydroxylation sites is 2. The van der Waals surface area contributed by atoms with Gasteiger partial charge in [0.25, 0.3) is 0 Å². The molecule has 0 radical (unpaired) electrons. The smallest absolute Gasteiger partial charge is 0.172 e. The van der Waals surface area contributed by atoms with Gasteiger partial charge >= 0.3 is 0 Å². The van der Waals surface area contributed by atoms with Crippen molar-refractivity contribution in [3.8, 4) is 33.6 Å². The van der Waals surface area contributed by atoms with Gasteiger partial charge in [-0.3, -0.25) is 0 Å². The second-order valence-electron chi connectivity index (χ2n) is 19.4. The first-order valence-corrected chi connectivity index (χ1v) is 28.5. The first kappa shape index (κ1) is 42.9. The molecule has 0 spiro atoms. The van der Waals surface area contributed by atoms with E-state index in [4.69, 9.17) is 0 Å². The van der Waals surface area contributed by atoms with E-state index in [1.807, 2.05) is 97.1 Å². The minimum atomic E-state index is -3.02. The minimum absolute atomic E-state index is 0.886. The molecule has 0 N–H and O–H groups in total. The summed E-state index contributed by atoms with van der Waals surface area (Å²) in [6.45, 7) is 0. The average molecular weight is 983 g/mol. The van der Waals surface area contributed by atoms with E-state index in [1.54, 1.807) is 0 Å². The fourth-order valence-corrected chi connectivity index (χ4v) is 18.5. The van der Waals surface area contributed by atoms with Crippen molar-refractivity contribution in [1.29, 1.82) is 0 Å². The molecule has 2 atom stereocenters. The molecular formula is C68H44N2O2P2. The number of aromatic nitrogens is 2. The van der Waals surface area contributed by atoms with Gasteiger partial charge in [0, 0.05) is 70.1 Å². The van der Waals surface area contributed by atoms with Gasteiger partial charge in [0.1, 0.15) is 0 Å². The maximum Gasteiger partial charge on any atom is 0.172 e. The van der Waals surface area contributed by atoms with Gasteiger partial charge < -0.3 is 18.3 Å². The van der Waals surface area contributed by atoms with Crippen LogP contribution < -0.4 is 31.8 Å². The van der Waals surface area contributed by atoms with Crippen molar-refractivity contribution < 1.29 is 9.13 Å². The van der Waals surface area contributed by atoms with Crippen molar-refractivity contribution in [2.75, 3.05) is 0 Å².